The number of fused-ring (bicyclic) bond motifs is 3. The predicted octanol–water partition coefficient (Wildman–Crippen LogP) is 3.99. The molecule has 0 bridgehead atoms. The molecule has 3 rings (SSSR count). The minimum Gasteiger partial charge on any atom is -0.256 e. The van der Waals surface area contributed by atoms with Gasteiger partial charge in [-0.15, -0.1) is 0 Å². The van der Waals surface area contributed by atoms with E-state index < -0.39 is 0 Å². The zero-order chi connectivity index (χ0) is 11.5. The Morgan fingerprint density at radius 3 is 2.62 bits per heavy atom. The molecule has 0 N–H and O–H groups in total. The van der Waals surface area contributed by atoms with Gasteiger partial charge < -0.3 is 0 Å². The summed E-state index contributed by atoms with van der Waals surface area (Å²) in [4.78, 5) is 4.46. The molecule has 1 aromatic heterocycles. The number of aryl methyl sites for hydroxylation is 1. The Morgan fingerprint density at radius 2 is 1.81 bits per heavy atom. The lowest BCUT2D eigenvalue weighted by Gasteiger charge is -2.01. The van der Waals surface area contributed by atoms with E-state index in [0.29, 0.717) is 0 Å². The lowest BCUT2D eigenvalue weighted by atomic mass is 10.1. The van der Waals surface area contributed by atoms with Gasteiger partial charge >= 0.3 is 0 Å². The van der Waals surface area contributed by atoms with Gasteiger partial charge in [-0.3, -0.25) is 4.98 Å². The molecule has 82 valence electrons. The van der Waals surface area contributed by atoms with Crippen molar-refractivity contribution in [3.05, 3.63) is 53.2 Å². The molecule has 0 unspecified atom stereocenters. The van der Waals surface area contributed by atoms with E-state index in [-0.39, 0.29) is 0 Å². The Morgan fingerprint density at radius 1 is 1.06 bits per heavy atom. The van der Waals surface area contributed by atoms with Gasteiger partial charge in [0, 0.05) is 18.2 Å². The number of benzene rings is 1. The van der Waals surface area contributed by atoms with Crippen molar-refractivity contribution in [3.63, 3.8) is 0 Å². The van der Waals surface area contributed by atoms with Crippen molar-refractivity contribution in [1.82, 2.24) is 4.98 Å². The lowest BCUT2D eigenvalue weighted by Crippen LogP contribution is -1.87. The van der Waals surface area contributed by atoms with Gasteiger partial charge in [0.1, 0.15) is 0 Å². The highest BCUT2D eigenvalue weighted by molar-refractivity contribution is 5.74. The Labute approximate surface area is 97.2 Å². The molecule has 1 aliphatic carbocycles. The molecule has 0 spiro atoms. The molecule has 1 nitrogen and oxygen atoms in total. The largest absolute Gasteiger partial charge is 0.256 e. The molecule has 2 aromatic rings. The second-order valence-electron chi connectivity index (χ2n) is 3.79. The van der Waals surface area contributed by atoms with Crippen LogP contribution in [-0.4, -0.2) is 4.98 Å². The third-order valence-corrected chi connectivity index (χ3v) is 2.93. The minimum atomic E-state index is 1.05. The topological polar surface area (TPSA) is 12.9 Å². The Bertz CT molecular complexity index is 501. The van der Waals surface area contributed by atoms with Crippen LogP contribution in [0, 0.1) is 6.92 Å². The van der Waals surface area contributed by atoms with Crippen LogP contribution in [0.15, 0.2) is 36.5 Å². The number of rotatable bonds is 0. The molecule has 0 atom stereocenters. The fourth-order valence-corrected chi connectivity index (χ4v) is 2.14. The summed E-state index contributed by atoms with van der Waals surface area (Å²) in [6.45, 7) is 6.16. The Hall–Kier alpha value is -1.63. The number of hydrogen-bond donors (Lipinski definition) is 0. The first-order chi connectivity index (χ1) is 7.86. The van der Waals surface area contributed by atoms with Crippen molar-refractivity contribution in [2.75, 3.05) is 0 Å². The van der Waals surface area contributed by atoms with Gasteiger partial charge in [0.05, 0.1) is 5.69 Å². The third kappa shape index (κ3) is 1.63. The van der Waals surface area contributed by atoms with Crippen LogP contribution in [0.1, 0.15) is 30.5 Å². The normalized spacial score (nSPS) is 11.2. The summed E-state index contributed by atoms with van der Waals surface area (Å²) in [5.74, 6) is 0. The highest BCUT2D eigenvalue weighted by atomic mass is 14.7. The Kier molecular flexibility index (Phi) is 3.04. The maximum absolute atomic E-state index is 4.46. The number of pyridine rings is 1. The van der Waals surface area contributed by atoms with Crippen LogP contribution >= 0.6 is 0 Å². The van der Waals surface area contributed by atoms with E-state index in [1.54, 1.807) is 0 Å². The summed E-state index contributed by atoms with van der Waals surface area (Å²) < 4.78 is 0. The van der Waals surface area contributed by atoms with Crippen LogP contribution in [0.3, 0.4) is 0 Å². The quantitative estimate of drug-likeness (QED) is 0.548. The van der Waals surface area contributed by atoms with Crippen LogP contribution in [-0.2, 0) is 6.42 Å². The second-order valence-corrected chi connectivity index (χ2v) is 3.79. The van der Waals surface area contributed by atoms with Crippen molar-refractivity contribution in [2.24, 2.45) is 0 Å². The molecule has 1 aliphatic rings. The van der Waals surface area contributed by atoms with E-state index >= 15 is 0 Å². The summed E-state index contributed by atoms with van der Waals surface area (Å²) in [6.07, 6.45) is 2.95. The van der Waals surface area contributed by atoms with Gasteiger partial charge in [-0.05, 0) is 29.7 Å². The summed E-state index contributed by atoms with van der Waals surface area (Å²) >= 11 is 0. The second kappa shape index (κ2) is 4.48. The molecule has 0 fully saturated rings. The van der Waals surface area contributed by atoms with Crippen molar-refractivity contribution in [2.45, 2.75) is 27.2 Å². The molecule has 1 aromatic carbocycles. The van der Waals surface area contributed by atoms with Crippen LogP contribution < -0.4 is 0 Å². The monoisotopic (exact) mass is 211 g/mol. The Balaban J connectivity index is 0.000000457. The first-order valence-electron chi connectivity index (χ1n) is 5.89. The van der Waals surface area contributed by atoms with E-state index in [1.165, 1.54) is 27.9 Å². The van der Waals surface area contributed by atoms with Gasteiger partial charge in [-0.25, -0.2) is 0 Å². The van der Waals surface area contributed by atoms with Gasteiger partial charge in [-0.2, -0.15) is 0 Å². The number of nitrogens with zero attached hydrogens (tertiary/aromatic N) is 1. The predicted molar refractivity (Wildman–Crippen MR) is 68.6 cm³/mol. The first-order valence-corrected chi connectivity index (χ1v) is 5.89. The molecule has 0 saturated carbocycles. The maximum atomic E-state index is 4.46. The molecule has 0 saturated heterocycles. The number of hydrogen-bond acceptors (Lipinski definition) is 1. The fraction of sp³-hybridized carbons (Fsp3) is 0.267. The molecule has 0 amide bonds. The van der Waals surface area contributed by atoms with E-state index in [4.69, 9.17) is 0 Å². The summed E-state index contributed by atoms with van der Waals surface area (Å²) in [5, 5.41) is 0. The standard InChI is InChI=1S/C13H11N.C2H6/c1-9-6-7-14-13-11-5-3-2-4-10(11)8-12(9)13;1-2/h2-7H,8H2,1H3;1-2H3. The first kappa shape index (κ1) is 10.9. The molecule has 1 heteroatoms. The van der Waals surface area contributed by atoms with E-state index in [1.807, 2.05) is 20.0 Å². The summed E-state index contributed by atoms with van der Waals surface area (Å²) in [5.41, 5.74) is 6.65. The third-order valence-electron chi connectivity index (χ3n) is 2.93. The van der Waals surface area contributed by atoms with Gasteiger partial charge in [-0.1, -0.05) is 38.1 Å². The van der Waals surface area contributed by atoms with Crippen LogP contribution in [0.2, 0.25) is 0 Å². The van der Waals surface area contributed by atoms with Crippen molar-refractivity contribution >= 4 is 0 Å². The van der Waals surface area contributed by atoms with E-state index in [0.717, 1.165) is 6.42 Å². The van der Waals surface area contributed by atoms with Crippen LogP contribution in [0.4, 0.5) is 0 Å². The zero-order valence-corrected chi connectivity index (χ0v) is 10.1. The maximum Gasteiger partial charge on any atom is 0.0742 e. The van der Waals surface area contributed by atoms with Gasteiger partial charge in [0.2, 0.25) is 0 Å². The fourth-order valence-electron chi connectivity index (χ4n) is 2.14. The smallest absolute Gasteiger partial charge is 0.0742 e. The summed E-state index contributed by atoms with van der Waals surface area (Å²) in [6, 6.07) is 10.6. The summed E-state index contributed by atoms with van der Waals surface area (Å²) in [7, 11) is 0. The molecular weight excluding hydrogens is 194 g/mol. The molecule has 0 aliphatic heterocycles. The zero-order valence-electron chi connectivity index (χ0n) is 10.1. The average Bonchev–Trinajstić information content (AvgIpc) is 2.72. The van der Waals surface area contributed by atoms with Crippen LogP contribution in [0.5, 0.6) is 0 Å². The molecule has 16 heavy (non-hydrogen) atoms. The van der Waals surface area contributed by atoms with Crippen LogP contribution in [0.25, 0.3) is 11.3 Å². The lowest BCUT2D eigenvalue weighted by molar-refractivity contribution is 1.18. The van der Waals surface area contributed by atoms with Crippen molar-refractivity contribution in [1.29, 1.82) is 0 Å². The molecular formula is C15H17N. The minimum absolute atomic E-state index is 1.05. The molecule has 0 radical (unpaired) electrons. The van der Waals surface area contributed by atoms with Crippen molar-refractivity contribution in [3.8, 4) is 11.3 Å². The van der Waals surface area contributed by atoms with Gasteiger partial charge in [0.25, 0.3) is 0 Å². The SMILES string of the molecule is CC.Cc1ccnc2c1Cc1ccccc1-2. The number of aromatic nitrogens is 1. The highest BCUT2D eigenvalue weighted by Gasteiger charge is 2.19. The molecule has 1 heterocycles. The van der Waals surface area contributed by atoms with Crippen molar-refractivity contribution < 1.29 is 0 Å². The van der Waals surface area contributed by atoms with E-state index in [9.17, 15) is 0 Å². The van der Waals surface area contributed by atoms with E-state index in [2.05, 4.69) is 42.2 Å². The average molecular weight is 211 g/mol. The van der Waals surface area contributed by atoms with Gasteiger partial charge in [0.15, 0.2) is 0 Å². The highest BCUT2D eigenvalue weighted by Crippen LogP contribution is 2.35.